The highest BCUT2D eigenvalue weighted by Gasteiger charge is 2.41. The Hall–Kier alpha value is -0.660. The first-order valence-corrected chi connectivity index (χ1v) is 5.79. The Morgan fingerprint density at radius 3 is 2.65 bits per heavy atom. The van der Waals surface area contributed by atoms with Gasteiger partial charge < -0.3 is 9.84 Å². The number of aliphatic hydroxyl groups excluding tert-OH is 1. The monoisotopic (exact) mass is 272 g/mol. The average molecular weight is 272 g/mol. The number of ether oxygens (including phenoxy) is 1. The highest BCUT2D eigenvalue weighted by Crippen LogP contribution is 2.22. The lowest BCUT2D eigenvalue weighted by Crippen LogP contribution is -2.34. The van der Waals surface area contributed by atoms with E-state index in [1.54, 1.807) is 11.4 Å². The molecule has 1 rings (SSSR count). The standard InChI is InChI=1S/C10H12F4O2S/c11-9(12)10(13,14)6-16-4-8(15)3-7-1-2-17-5-7/h1-2,5,8-9,15H,3-4,6H2. The smallest absolute Gasteiger partial charge is 0.330 e. The molecule has 0 aliphatic heterocycles. The third kappa shape index (κ3) is 5.01. The summed E-state index contributed by atoms with van der Waals surface area (Å²) in [6.07, 6.45) is -4.47. The van der Waals surface area contributed by atoms with E-state index in [1.807, 2.05) is 5.38 Å². The highest BCUT2D eigenvalue weighted by molar-refractivity contribution is 7.07. The topological polar surface area (TPSA) is 29.5 Å². The normalized spacial score (nSPS) is 14.2. The summed E-state index contributed by atoms with van der Waals surface area (Å²) in [4.78, 5) is 0. The van der Waals surface area contributed by atoms with E-state index in [2.05, 4.69) is 4.74 Å². The largest absolute Gasteiger partial charge is 0.390 e. The molecule has 1 N–H and O–H groups in total. The summed E-state index contributed by atoms with van der Waals surface area (Å²) in [5.41, 5.74) is 0.853. The van der Waals surface area contributed by atoms with E-state index in [0.717, 1.165) is 5.56 Å². The van der Waals surface area contributed by atoms with Gasteiger partial charge in [0.15, 0.2) is 0 Å². The van der Waals surface area contributed by atoms with Crippen molar-refractivity contribution in [3.8, 4) is 0 Å². The van der Waals surface area contributed by atoms with Crippen molar-refractivity contribution in [2.24, 2.45) is 0 Å². The molecule has 0 bridgehead atoms. The molecule has 98 valence electrons. The van der Waals surface area contributed by atoms with Crippen molar-refractivity contribution >= 4 is 11.3 Å². The minimum absolute atomic E-state index is 0.254. The van der Waals surface area contributed by atoms with Crippen LogP contribution in [0.2, 0.25) is 0 Å². The van der Waals surface area contributed by atoms with E-state index in [0.29, 0.717) is 0 Å². The molecule has 1 unspecified atom stereocenters. The number of hydrogen-bond acceptors (Lipinski definition) is 3. The fourth-order valence-corrected chi connectivity index (χ4v) is 1.82. The molecule has 2 nitrogen and oxygen atoms in total. The molecule has 0 saturated carbocycles. The van der Waals surface area contributed by atoms with E-state index in [9.17, 15) is 22.7 Å². The second-order valence-electron chi connectivity index (χ2n) is 3.57. The molecule has 0 spiro atoms. The predicted octanol–water partition coefficient (Wildman–Crippen LogP) is 2.57. The van der Waals surface area contributed by atoms with Gasteiger partial charge in [0.05, 0.1) is 12.7 Å². The average Bonchev–Trinajstić information content (AvgIpc) is 2.69. The lowest BCUT2D eigenvalue weighted by Gasteiger charge is -2.16. The Morgan fingerprint density at radius 1 is 1.41 bits per heavy atom. The molecule has 1 aromatic rings. The van der Waals surface area contributed by atoms with Crippen LogP contribution in [-0.2, 0) is 11.2 Å². The van der Waals surface area contributed by atoms with Crippen LogP contribution in [0.25, 0.3) is 0 Å². The van der Waals surface area contributed by atoms with Crippen molar-refractivity contribution in [3.63, 3.8) is 0 Å². The first-order valence-electron chi connectivity index (χ1n) is 4.84. The van der Waals surface area contributed by atoms with Crippen LogP contribution < -0.4 is 0 Å². The van der Waals surface area contributed by atoms with Gasteiger partial charge in [-0.25, -0.2) is 8.78 Å². The van der Waals surface area contributed by atoms with Gasteiger partial charge in [0.1, 0.15) is 6.61 Å². The molecule has 7 heteroatoms. The fourth-order valence-electron chi connectivity index (χ4n) is 1.13. The Balaban J connectivity index is 2.22. The molecule has 0 aromatic carbocycles. The van der Waals surface area contributed by atoms with E-state index < -0.39 is 31.7 Å². The van der Waals surface area contributed by atoms with Crippen molar-refractivity contribution in [3.05, 3.63) is 22.4 Å². The zero-order valence-corrected chi connectivity index (χ0v) is 9.60. The lowest BCUT2D eigenvalue weighted by molar-refractivity contribution is -0.170. The summed E-state index contributed by atoms with van der Waals surface area (Å²) in [5.74, 6) is -4.16. The second-order valence-corrected chi connectivity index (χ2v) is 4.35. The Morgan fingerprint density at radius 2 is 2.12 bits per heavy atom. The maximum atomic E-state index is 12.4. The van der Waals surface area contributed by atoms with E-state index in [-0.39, 0.29) is 6.42 Å². The van der Waals surface area contributed by atoms with Gasteiger partial charge in [0, 0.05) is 6.42 Å². The van der Waals surface area contributed by atoms with Crippen LogP contribution in [0, 0.1) is 0 Å². The summed E-state index contributed by atoms with van der Waals surface area (Å²) >= 11 is 1.44. The van der Waals surface area contributed by atoms with E-state index >= 15 is 0 Å². The van der Waals surface area contributed by atoms with E-state index in [4.69, 9.17) is 0 Å². The maximum Gasteiger partial charge on any atom is 0.330 e. The molecule has 0 amide bonds. The van der Waals surface area contributed by atoms with Crippen LogP contribution in [0.5, 0.6) is 0 Å². The number of aliphatic hydroxyl groups is 1. The summed E-state index contributed by atoms with van der Waals surface area (Å²) in [7, 11) is 0. The second kappa shape index (κ2) is 6.32. The zero-order valence-electron chi connectivity index (χ0n) is 8.78. The van der Waals surface area contributed by atoms with Gasteiger partial charge in [0.25, 0.3) is 0 Å². The Labute approximate surface area is 99.8 Å². The molecule has 0 radical (unpaired) electrons. The summed E-state index contributed by atoms with van der Waals surface area (Å²) in [6.45, 7) is -1.77. The van der Waals surface area contributed by atoms with Crippen molar-refractivity contribution in [1.82, 2.24) is 0 Å². The molecule has 0 saturated heterocycles. The van der Waals surface area contributed by atoms with Gasteiger partial charge >= 0.3 is 12.3 Å². The lowest BCUT2D eigenvalue weighted by atomic mass is 10.1. The number of thiophene rings is 1. The van der Waals surface area contributed by atoms with Crippen LogP contribution in [0.15, 0.2) is 16.8 Å². The first kappa shape index (κ1) is 14.4. The number of alkyl halides is 4. The summed E-state index contributed by atoms with van der Waals surface area (Å²) in [5, 5.41) is 13.0. The van der Waals surface area contributed by atoms with Crippen molar-refractivity contribution in [1.29, 1.82) is 0 Å². The number of halogens is 4. The van der Waals surface area contributed by atoms with Gasteiger partial charge in [0.2, 0.25) is 0 Å². The molecule has 0 aliphatic rings. The molecule has 0 aliphatic carbocycles. The van der Waals surface area contributed by atoms with Crippen LogP contribution in [0.4, 0.5) is 17.6 Å². The summed E-state index contributed by atoms with van der Waals surface area (Å²) < 4.78 is 52.7. The molecule has 1 heterocycles. The van der Waals surface area contributed by atoms with Crippen LogP contribution >= 0.6 is 11.3 Å². The fraction of sp³-hybridized carbons (Fsp3) is 0.600. The quantitative estimate of drug-likeness (QED) is 0.773. The Kier molecular flexibility index (Phi) is 5.35. The van der Waals surface area contributed by atoms with Crippen LogP contribution in [0.1, 0.15) is 5.56 Å². The van der Waals surface area contributed by atoms with Gasteiger partial charge in [-0.15, -0.1) is 0 Å². The maximum absolute atomic E-state index is 12.4. The molecule has 17 heavy (non-hydrogen) atoms. The first-order chi connectivity index (χ1) is 7.92. The third-order valence-electron chi connectivity index (χ3n) is 1.98. The molecular formula is C10H12F4O2S. The highest BCUT2D eigenvalue weighted by atomic mass is 32.1. The Bertz CT molecular complexity index is 316. The van der Waals surface area contributed by atoms with Crippen LogP contribution in [-0.4, -0.2) is 36.8 Å². The van der Waals surface area contributed by atoms with Crippen molar-refractivity contribution in [2.45, 2.75) is 24.9 Å². The third-order valence-corrected chi connectivity index (χ3v) is 2.71. The number of rotatable bonds is 7. The van der Waals surface area contributed by atoms with Crippen molar-refractivity contribution < 1.29 is 27.4 Å². The number of hydrogen-bond donors (Lipinski definition) is 1. The predicted molar refractivity (Wildman–Crippen MR) is 55.8 cm³/mol. The van der Waals surface area contributed by atoms with Gasteiger partial charge in [-0.1, -0.05) is 0 Å². The minimum atomic E-state index is -4.16. The van der Waals surface area contributed by atoms with Gasteiger partial charge in [-0.2, -0.15) is 20.1 Å². The van der Waals surface area contributed by atoms with E-state index in [1.165, 1.54) is 11.3 Å². The van der Waals surface area contributed by atoms with Crippen molar-refractivity contribution in [2.75, 3.05) is 13.2 Å². The molecule has 1 aromatic heterocycles. The molecular weight excluding hydrogens is 260 g/mol. The zero-order chi connectivity index (χ0) is 12.9. The minimum Gasteiger partial charge on any atom is -0.390 e. The summed E-state index contributed by atoms with van der Waals surface area (Å²) in [6, 6.07) is 1.78. The molecule has 0 fully saturated rings. The van der Waals surface area contributed by atoms with Gasteiger partial charge in [-0.05, 0) is 22.4 Å². The molecule has 1 atom stereocenters. The van der Waals surface area contributed by atoms with Crippen LogP contribution in [0.3, 0.4) is 0 Å². The SMILES string of the molecule is OC(COCC(F)(F)C(F)F)Cc1ccsc1. The van der Waals surface area contributed by atoms with Gasteiger partial charge in [-0.3, -0.25) is 0 Å².